The van der Waals surface area contributed by atoms with Crippen LogP contribution < -0.4 is 20.1 Å². The van der Waals surface area contributed by atoms with Crippen LogP contribution in [-0.4, -0.2) is 57.3 Å². The summed E-state index contributed by atoms with van der Waals surface area (Å²) >= 11 is 1.56. The van der Waals surface area contributed by atoms with Crippen LogP contribution in [0.3, 0.4) is 0 Å². The van der Waals surface area contributed by atoms with Gasteiger partial charge in [-0.25, -0.2) is 4.39 Å². The summed E-state index contributed by atoms with van der Waals surface area (Å²) in [5.74, 6) is -0.331. The smallest absolute Gasteiger partial charge is 0.255 e. The zero-order valence-electron chi connectivity index (χ0n) is 17.8. The summed E-state index contributed by atoms with van der Waals surface area (Å²) in [6.45, 7) is 0.547. The van der Waals surface area contributed by atoms with E-state index in [2.05, 4.69) is 10.6 Å². The Morgan fingerprint density at radius 2 is 1.87 bits per heavy atom. The lowest BCUT2D eigenvalue weighted by molar-refractivity contribution is -0.118. The third-order valence-electron chi connectivity index (χ3n) is 4.33. The van der Waals surface area contributed by atoms with Gasteiger partial charge in [0.2, 0.25) is 5.91 Å². The molecule has 0 spiro atoms. The third kappa shape index (κ3) is 7.45. The number of thioether (sulfide) groups is 1. The number of hydrogen-bond acceptors (Lipinski definition) is 6. The Hall–Kier alpha value is -2.78. The van der Waals surface area contributed by atoms with Crippen LogP contribution in [-0.2, 0) is 9.53 Å². The number of para-hydroxylation sites is 1. The zero-order chi connectivity index (χ0) is 22.6. The van der Waals surface area contributed by atoms with Crippen LogP contribution in [0, 0.1) is 5.82 Å². The average Bonchev–Trinajstić information content (AvgIpc) is 2.77. The molecule has 0 aliphatic carbocycles. The van der Waals surface area contributed by atoms with Gasteiger partial charge in [0.15, 0.2) is 11.6 Å². The van der Waals surface area contributed by atoms with E-state index in [1.54, 1.807) is 36.0 Å². The highest BCUT2D eigenvalue weighted by atomic mass is 32.2. The second-order valence-electron chi connectivity index (χ2n) is 6.48. The fourth-order valence-corrected chi connectivity index (χ4v) is 3.20. The van der Waals surface area contributed by atoms with E-state index in [1.165, 1.54) is 32.4 Å². The molecule has 2 aromatic rings. The topological polar surface area (TPSA) is 85.9 Å². The summed E-state index contributed by atoms with van der Waals surface area (Å²) in [6, 6.07) is 10.1. The first-order valence-electron chi connectivity index (χ1n) is 9.65. The number of nitrogens with one attached hydrogen (secondary N) is 2. The predicted molar refractivity (Wildman–Crippen MR) is 120 cm³/mol. The van der Waals surface area contributed by atoms with Crippen LogP contribution in [0.5, 0.6) is 11.5 Å². The van der Waals surface area contributed by atoms with Crippen LogP contribution in [0.15, 0.2) is 42.5 Å². The fraction of sp³-hybridized carbons (Fsp3) is 0.364. The van der Waals surface area contributed by atoms with Gasteiger partial charge in [0.25, 0.3) is 5.91 Å². The molecule has 0 aliphatic rings. The van der Waals surface area contributed by atoms with E-state index < -0.39 is 23.7 Å². The van der Waals surface area contributed by atoms with Gasteiger partial charge in [0.05, 0.1) is 19.3 Å². The summed E-state index contributed by atoms with van der Waals surface area (Å²) in [5, 5.41) is 5.40. The number of benzene rings is 2. The Labute approximate surface area is 185 Å². The number of halogens is 1. The molecule has 2 aromatic carbocycles. The molecule has 9 heteroatoms. The third-order valence-corrected chi connectivity index (χ3v) is 4.97. The minimum atomic E-state index is -0.800. The van der Waals surface area contributed by atoms with Gasteiger partial charge in [-0.1, -0.05) is 12.1 Å². The van der Waals surface area contributed by atoms with Crippen molar-refractivity contribution in [1.82, 2.24) is 5.32 Å². The number of anilines is 1. The van der Waals surface area contributed by atoms with Crippen LogP contribution in [0.4, 0.5) is 10.1 Å². The van der Waals surface area contributed by atoms with E-state index in [4.69, 9.17) is 14.2 Å². The summed E-state index contributed by atoms with van der Waals surface area (Å²) in [5.41, 5.74) is 0.595. The van der Waals surface area contributed by atoms with E-state index >= 15 is 0 Å². The van der Waals surface area contributed by atoms with E-state index in [0.29, 0.717) is 30.1 Å². The molecule has 0 radical (unpaired) electrons. The standard InChI is InChI=1S/C22H27FN2O5S/c1-28-11-12-30-20-9-8-15(14-17(20)23)24-22(27)18(10-13-31-3)25-21(26)16-6-4-5-7-19(16)29-2/h4-9,14,18H,10-13H2,1-3H3,(H,24,27)(H,25,26). The van der Waals surface area contributed by atoms with Gasteiger partial charge in [-0.15, -0.1) is 0 Å². The van der Waals surface area contributed by atoms with Crippen molar-refractivity contribution < 1.29 is 28.2 Å². The number of carbonyl (C=O) groups is 2. The number of hydrogen-bond donors (Lipinski definition) is 2. The maximum atomic E-state index is 14.2. The first-order valence-corrected chi connectivity index (χ1v) is 11.0. The molecule has 0 bridgehead atoms. The lowest BCUT2D eigenvalue weighted by atomic mass is 10.1. The monoisotopic (exact) mass is 450 g/mol. The molecule has 2 N–H and O–H groups in total. The van der Waals surface area contributed by atoms with E-state index in [-0.39, 0.29) is 18.0 Å². The van der Waals surface area contributed by atoms with E-state index in [0.717, 1.165) is 0 Å². The van der Waals surface area contributed by atoms with E-state index in [9.17, 15) is 14.0 Å². The Bertz CT molecular complexity index is 881. The molecule has 168 valence electrons. The molecule has 0 aromatic heterocycles. The van der Waals surface area contributed by atoms with Crippen LogP contribution >= 0.6 is 11.8 Å². The summed E-state index contributed by atoms with van der Waals surface area (Å²) in [4.78, 5) is 25.5. The van der Waals surface area contributed by atoms with Gasteiger partial charge in [0, 0.05) is 18.9 Å². The SMILES string of the molecule is COCCOc1ccc(NC(=O)C(CCSC)NC(=O)c2ccccc2OC)cc1F. The summed E-state index contributed by atoms with van der Waals surface area (Å²) in [7, 11) is 3.00. The minimum Gasteiger partial charge on any atom is -0.496 e. The molecule has 2 rings (SSSR count). The van der Waals surface area contributed by atoms with E-state index in [1.807, 2.05) is 6.26 Å². The van der Waals surface area contributed by atoms with Crippen molar-refractivity contribution >= 4 is 29.3 Å². The van der Waals surface area contributed by atoms with Gasteiger partial charge in [-0.05, 0) is 42.7 Å². The molecule has 0 heterocycles. The molecule has 0 aliphatic heterocycles. The Kier molecular flexibility index (Phi) is 10.1. The lowest BCUT2D eigenvalue weighted by Gasteiger charge is -2.19. The minimum absolute atomic E-state index is 0.0680. The second kappa shape index (κ2) is 12.8. The first kappa shape index (κ1) is 24.5. The molecule has 2 amide bonds. The van der Waals surface area contributed by atoms with Crippen molar-refractivity contribution in [1.29, 1.82) is 0 Å². The van der Waals surface area contributed by atoms with Crippen molar-refractivity contribution in [2.75, 3.05) is 44.8 Å². The Balaban J connectivity index is 2.08. The molecular formula is C22H27FN2O5S. The van der Waals surface area contributed by atoms with Gasteiger partial charge in [0.1, 0.15) is 18.4 Å². The molecule has 1 unspecified atom stereocenters. The van der Waals surface area contributed by atoms with Crippen molar-refractivity contribution in [2.24, 2.45) is 0 Å². The van der Waals surface area contributed by atoms with Gasteiger partial charge in [-0.2, -0.15) is 11.8 Å². The van der Waals surface area contributed by atoms with Crippen LogP contribution in [0.1, 0.15) is 16.8 Å². The summed E-state index contributed by atoms with van der Waals surface area (Å²) < 4.78 is 29.6. The van der Waals surface area contributed by atoms with Crippen molar-refractivity contribution in [3.8, 4) is 11.5 Å². The predicted octanol–water partition coefficient (Wildman–Crippen LogP) is 3.35. The highest BCUT2D eigenvalue weighted by Gasteiger charge is 2.23. The number of methoxy groups -OCH3 is 2. The van der Waals surface area contributed by atoms with Crippen LogP contribution in [0.2, 0.25) is 0 Å². The second-order valence-corrected chi connectivity index (χ2v) is 7.47. The lowest BCUT2D eigenvalue weighted by Crippen LogP contribution is -2.44. The average molecular weight is 451 g/mol. The highest BCUT2D eigenvalue weighted by Crippen LogP contribution is 2.22. The molecule has 7 nitrogen and oxygen atoms in total. The quantitative estimate of drug-likeness (QED) is 0.483. The molecule has 0 fully saturated rings. The number of carbonyl (C=O) groups excluding carboxylic acids is 2. The van der Waals surface area contributed by atoms with Crippen molar-refractivity contribution in [3.63, 3.8) is 0 Å². The summed E-state index contributed by atoms with van der Waals surface area (Å²) in [6.07, 6.45) is 2.32. The Morgan fingerprint density at radius 1 is 1.10 bits per heavy atom. The number of amides is 2. The number of ether oxygens (including phenoxy) is 3. The maximum absolute atomic E-state index is 14.2. The normalized spacial score (nSPS) is 11.5. The molecule has 0 saturated heterocycles. The van der Waals surface area contributed by atoms with Gasteiger partial charge in [-0.3, -0.25) is 9.59 Å². The fourth-order valence-electron chi connectivity index (χ4n) is 2.73. The van der Waals surface area contributed by atoms with Gasteiger partial charge < -0.3 is 24.8 Å². The molecule has 1 atom stereocenters. The molecular weight excluding hydrogens is 423 g/mol. The highest BCUT2D eigenvalue weighted by molar-refractivity contribution is 7.98. The maximum Gasteiger partial charge on any atom is 0.255 e. The van der Waals surface area contributed by atoms with Gasteiger partial charge >= 0.3 is 0 Å². The van der Waals surface area contributed by atoms with Crippen molar-refractivity contribution in [2.45, 2.75) is 12.5 Å². The van der Waals surface area contributed by atoms with Crippen LogP contribution in [0.25, 0.3) is 0 Å². The first-order chi connectivity index (χ1) is 15.0. The largest absolute Gasteiger partial charge is 0.496 e. The van der Waals surface area contributed by atoms with Crippen molar-refractivity contribution in [3.05, 3.63) is 53.8 Å². The molecule has 0 saturated carbocycles. The zero-order valence-corrected chi connectivity index (χ0v) is 18.6. The molecule has 31 heavy (non-hydrogen) atoms. The number of rotatable bonds is 12. The Morgan fingerprint density at radius 3 is 2.55 bits per heavy atom.